The third kappa shape index (κ3) is 4.04. The van der Waals surface area contributed by atoms with Crippen molar-refractivity contribution in [2.24, 2.45) is 12.5 Å². The summed E-state index contributed by atoms with van der Waals surface area (Å²) in [7, 11) is 3.76. The molecule has 0 aliphatic carbocycles. The Labute approximate surface area is 121 Å². The van der Waals surface area contributed by atoms with Gasteiger partial charge in [0.15, 0.2) is 0 Å². The van der Waals surface area contributed by atoms with Gasteiger partial charge in [-0.2, -0.15) is 5.10 Å². The third-order valence-corrected chi connectivity index (χ3v) is 4.04. The van der Waals surface area contributed by atoms with Gasteiger partial charge in [0.2, 0.25) is 0 Å². The molecule has 1 aliphatic rings. The third-order valence-electron chi connectivity index (χ3n) is 4.04. The van der Waals surface area contributed by atoms with E-state index in [1.54, 1.807) is 7.11 Å². The van der Waals surface area contributed by atoms with Crippen molar-refractivity contribution in [3.63, 3.8) is 0 Å². The Bertz CT molecular complexity index is 411. The van der Waals surface area contributed by atoms with Crippen LogP contribution in [0.4, 0.5) is 0 Å². The van der Waals surface area contributed by atoms with Crippen molar-refractivity contribution in [3.8, 4) is 0 Å². The molecule has 2 heterocycles. The number of nitrogens with zero attached hydrogens (tertiary/aromatic N) is 2. The molecule has 0 amide bonds. The van der Waals surface area contributed by atoms with E-state index >= 15 is 0 Å². The van der Waals surface area contributed by atoms with Crippen molar-refractivity contribution in [1.82, 2.24) is 15.1 Å². The molecule has 1 aromatic rings. The van der Waals surface area contributed by atoms with E-state index in [1.165, 1.54) is 12.1 Å². The van der Waals surface area contributed by atoms with Crippen LogP contribution in [0.15, 0.2) is 6.07 Å². The smallest absolute Gasteiger partial charge is 0.0596 e. The lowest BCUT2D eigenvalue weighted by Crippen LogP contribution is -2.43. The number of nitrogens with one attached hydrogen (secondary N) is 1. The van der Waals surface area contributed by atoms with E-state index in [1.807, 2.05) is 18.7 Å². The van der Waals surface area contributed by atoms with Crippen molar-refractivity contribution in [2.45, 2.75) is 26.2 Å². The molecule has 2 rings (SSSR count). The minimum Gasteiger partial charge on any atom is -0.383 e. The maximum absolute atomic E-state index is 5.76. The molecule has 1 unspecified atom stereocenters. The van der Waals surface area contributed by atoms with Gasteiger partial charge in [0.05, 0.1) is 18.9 Å². The van der Waals surface area contributed by atoms with E-state index in [0.717, 1.165) is 51.4 Å². The number of rotatable bonds is 7. The number of aryl methyl sites for hydroxylation is 2. The lowest BCUT2D eigenvalue weighted by molar-refractivity contribution is -0.00859. The largest absolute Gasteiger partial charge is 0.383 e. The molecule has 114 valence electrons. The molecule has 5 heteroatoms. The van der Waals surface area contributed by atoms with Gasteiger partial charge in [-0.15, -0.1) is 0 Å². The summed E-state index contributed by atoms with van der Waals surface area (Å²) in [4.78, 5) is 0. The van der Waals surface area contributed by atoms with Crippen LogP contribution in [0.25, 0.3) is 0 Å². The van der Waals surface area contributed by atoms with E-state index in [0.29, 0.717) is 0 Å². The number of hydrogen-bond acceptors (Lipinski definition) is 4. The zero-order valence-electron chi connectivity index (χ0n) is 12.9. The lowest BCUT2D eigenvalue weighted by Gasteiger charge is -2.37. The van der Waals surface area contributed by atoms with Gasteiger partial charge >= 0.3 is 0 Å². The van der Waals surface area contributed by atoms with Crippen LogP contribution < -0.4 is 5.32 Å². The second kappa shape index (κ2) is 7.20. The molecule has 1 aliphatic heterocycles. The molecule has 1 fully saturated rings. The second-order valence-electron chi connectivity index (χ2n) is 5.90. The fourth-order valence-corrected chi connectivity index (χ4v) is 2.99. The van der Waals surface area contributed by atoms with Crippen LogP contribution in [0.1, 0.15) is 24.2 Å². The van der Waals surface area contributed by atoms with Crippen LogP contribution in [0.2, 0.25) is 0 Å². The van der Waals surface area contributed by atoms with Crippen molar-refractivity contribution in [1.29, 1.82) is 0 Å². The van der Waals surface area contributed by atoms with E-state index in [-0.39, 0.29) is 5.41 Å². The Morgan fingerprint density at radius 1 is 1.55 bits per heavy atom. The summed E-state index contributed by atoms with van der Waals surface area (Å²) >= 11 is 0. The number of methoxy groups -OCH3 is 1. The van der Waals surface area contributed by atoms with Gasteiger partial charge in [-0.1, -0.05) is 0 Å². The first-order valence-electron chi connectivity index (χ1n) is 7.42. The van der Waals surface area contributed by atoms with Crippen molar-refractivity contribution in [3.05, 3.63) is 17.5 Å². The average Bonchev–Trinajstić information content (AvgIpc) is 2.74. The Morgan fingerprint density at radius 2 is 2.40 bits per heavy atom. The van der Waals surface area contributed by atoms with E-state index < -0.39 is 0 Å². The maximum atomic E-state index is 5.76. The van der Waals surface area contributed by atoms with Gasteiger partial charge in [-0.05, 0) is 32.3 Å². The summed E-state index contributed by atoms with van der Waals surface area (Å²) in [6.07, 6.45) is 3.37. The van der Waals surface area contributed by atoms with E-state index in [4.69, 9.17) is 9.47 Å². The van der Waals surface area contributed by atoms with Crippen molar-refractivity contribution < 1.29 is 9.47 Å². The first-order valence-corrected chi connectivity index (χ1v) is 7.42. The molecule has 1 aromatic heterocycles. The maximum Gasteiger partial charge on any atom is 0.0596 e. The molecule has 5 nitrogen and oxygen atoms in total. The summed E-state index contributed by atoms with van der Waals surface area (Å²) < 4.78 is 12.9. The number of ether oxygens (including phenoxy) is 2. The minimum atomic E-state index is 0.187. The van der Waals surface area contributed by atoms with Gasteiger partial charge < -0.3 is 14.8 Å². The highest BCUT2D eigenvalue weighted by Crippen LogP contribution is 2.32. The fourth-order valence-electron chi connectivity index (χ4n) is 2.99. The Morgan fingerprint density at radius 3 is 3.00 bits per heavy atom. The van der Waals surface area contributed by atoms with Crippen LogP contribution in [0.3, 0.4) is 0 Å². The molecular weight excluding hydrogens is 254 g/mol. The Kier molecular flexibility index (Phi) is 5.57. The van der Waals surface area contributed by atoms with Crippen molar-refractivity contribution >= 4 is 0 Å². The van der Waals surface area contributed by atoms with Gasteiger partial charge in [-0.25, -0.2) is 0 Å². The molecule has 0 radical (unpaired) electrons. The normalized spacial score (nSPS) is 23.1. The predicted octanol–water partition coefficient (Wildman–Crippen LogP) is 1.30. The molecule has 0 spiro atoms. The highest BCUT2D eigenvalue weighted by atomic mass is 16.5. The van der Waals surface area contributed by atoms with E-state index in [2.05, 4.69) is 16.5 Å². The summed E-state index contributed by atoms with van der Waals surface area (Å²) in [6, 6.07) is 2.19. The summed E-state index contributed by atoms with van der Waals surface area (Å²) in [5, 5.41) is 7.96. The average molecular weight is 281 g/mol. The monoisotopic (exact) mass is 281 g/mol. The Balaban J connectivity index is 2.00. The van der Waals surface area contributed by atoms with Crippen LogP contribution in [0, 0.1) is 12.3 Å². The minimum absolute atomic E-state index is 0.187. The number of hydrogen-bond donors (Lipinski definition) is 1. The predicted molar refractivity (Wildman–Crippen MR) is 78.9 cm³/mol. The molecule has 0 saturated carbocycles. The zero-order valence-corrected chi connectivity index (χ0v) is 12.9. The van der Waals surface area contributed by atoms with Gasteiger partial charge in [0.1, 0.15) is 0 Å². The molecule has 1 N–H and O–H groups in total. The molecular formula is C15H27N3O2. The molecule has 20 heavy (non-hydrogen) atoms. The summed E-state index contributed by atoms with van der Waals surface area (Å²) in [6.45, 7) is 6.39. The topological polar surface area (TPSA) is 48.3 Å². The second-order valence-corrected chi connectivity index (χ2v) is 5.90. The van der Waals surface area contributed by atoms with Crippen LogP contribution >= 0.6 is 0 Å². The zero-order chi connectivity index (χ0) is 14.4. The summed E-state index contributed by atoms with van der Waals surface area (Å²) in [5.74, 6) is 0. The number of aromatic nitrogens is 2. The Hall–Kier alpha value is -0.910. The van der Waals surface area contributed by atoms with E-state index in [9.17, 15) is 0 Å². The quantitative estimate of drug-likeness (QED) is 0.766. The molecule has 0 aromatic carbocycles. The van der Waals surface area contributed by atoms with Crippen LogP contribution in [-0.4, -0.2) is 49.8 Å². The summed E-state index contributed by atoms with van der Waals surface area (Å²) in [5.41, 5.74) is 2.56. The first-order chi connectivity index (χ1) is 9.65. The van der Waals surface area contributed by atoms with Gasteiger partial charge in [0.25, 0.3) is 0 Å². The van der Waals surface area contributed by atoms with Gasteiger partial charge in [-0.3, -0.25) is 4.68 Å². The van der Waals surface area contributed by atoms with Crippen molar-refractivity contribution in [2.75, 3.05) is 40.0 Å². The SMILES string of the molecule is COCCNCC1(Cc2cc(C)nn2C)CCCOC1. The van der Waals surface area contributed by atoms with Crippen LogP contribution in [-0.2, 0) is 22.9 Å². The molecule has 0 bridgehead atoms. The molecule has 1 saturated heterocycles. The highest BCUT2D eigenvalue weighted by Gasteiger charge is 2.33. The highest BCUT2D eigenvalue weighted by molar-refractivity contribution is 5.11. The van der Waals surface area contributed by atoms with Crippen LogP contribution in [0.5, 0.6) is 0 Å². The lowest BCUT2D eigenvalue weighted by atomic mass is 9.78. The first kappa shape index (κ1) is 15.5. The standard InChI is InChI=1S/C15H27N3O2/c1-13-9-14(18(2)17-13)10-15(5-4-7-20-12-15)11-16-6-8-19-3/h9,16H,4-8,10-12H2,1-3H3. The molecule has 1 atom stereocenters. The van der Waals surface area contributed by atoms with Gasteiger partial charge in [0, 0.05) is 45.0 Å². The fraction of sp³-hybridized carbons (Fsp3) is 0.800.